The van der Waals surface area contributed by atoms with Crippen LogP contribution in [0.25, 0.3) is 0 Å². The van der Waals surface area contributed by atoms with Crippen LogP contribution in [-0.2, 0) is 13.9 Å². The highest BCUT2D eigenvalue weighted by Gasteiger charge is 2.27. The first-order chi connectivity index (χ1) is 6.63. The number of hydrogen-bond donors (Lipinski definition) is 1. The molecular weight excluding hydrogens is 208 g/mol. The molecule has 0 spiro atoms. The van der Waals surface area contributed by atoms with E-state index >= 15 is 0 Å². The molecule has 0 aliphatic carbocycles. The summed E-state index contributed by atoms with van der Waals surface area (Å²) in [7, 11) is 0. The molecule has 0 heterocycles. The predicted molar refractivity (Wildman–Crippen MR) is 51.8 cm³/mol. The highest BCUT2D eigenvalue weighted by Crippen LogP contribution is 2.13. The predicted octanol–water partition coefficient (Wildman–Crippen LogP) is 2.35. The van der Waals surface area contributed by atoms with Crippen LogP contribution in [0.2, 0.25) is 0 Å². The zero-order valence-electron chi connectivity index (χ0n) is 8.16. The van der Waals surface area contributed by atoms with Crippen LogP contribution in [0.5, 0.6) is 0 Å². The summed E-state index contributed by atoms with van der Waals surface area (Å²) < 4.78 is 3.88. The van der Waals surface area contributed by atoms with E-state index < -0.39 is 17.9 Å². The lowest BCUT2D eigenvalue weighted by Crippen LogP contribution is -2.23. The third-order valence-electron chi connectivity index (χ3n) is 2.01. The van der Waals surface area contributed by atoms with E-state index in [1.807, 2.05) is 0 Å². The minimum atomic E-state index is -1.17. The zero-order chi connectivity index (χ0) is 11.0. The lowest BCUT2D eigenvalue weighted by atomic mass is 10.0. The Balaban J connectivity index is 3.86. The first-order valence-electron chi connectivity index (χ1n) is 4.68. The number of carbonyl (C=O) groups is 2. The fourth-order valence-electron chi connectivity index (χ4n) is 1.17. The first-order valence-corrected chi connectivity index (χ1v) is 4.99. The second-order valence-corrected chi connectivity index (χ2v) is 3.29. The Hall–Kier alpha value is -0.770. The summed E-state index contributed by atoms with van der Waals surface area (Å²) in [4.78, 5) is 21.5. The fraction of sp³-hybridized carbons (Fsp3) is 0.778. The number of aliphatic carboxylic acids is 1. The SMILES string of the molecule is CCCCCCC(C(=O)O)C(=O)OCl. The number of carboxylic acids is 1. The van der Waals surface area contributed by atoms with Crippen molar-refractivity contribution in [1.82, 2.24) is 0 Å². The van der Waals surface area contributed by atoms with Gasteiger partial charge in [0.05, 0.1) is 0 Å². The topological polar surface area (TPSA) is 63.6 Å². The fourth-order valence-corrected chi connectivity index (χ4v) is 1.28. The van der Waals surface area contributed by atoms with Gasteiger partial charge in [0.1, 0.15) is 11.9 Å². The molecule has 0 aromatic carbocycles. The zero-order valence-corrected chi connectivity index (χ0v) is 8.92. The van der Waals surface area contributed by atoms with Crippen molar-refractivity contribution in [3.63, 3.8) is 0 Å². The Morgan fingerprint density at radius 2 is 2.00 bits per heavy atom. The molecular formula is C9H15ClO4. The molecule has 1 N–H and O–H groups in total. The van der Waals surface area contributed by atoms with E-state index in [1.165, 1.54) is 0 Å². The molecule has 0 rings (SSSR count). The maximum atomic E-state index is 10.9. The van der Waals surface area contributed by atoms with Crippen molar-refractivity contribution < 1.29 is 19.0 Å². The summed E-state index contributed by atoms with van der Waals surface area (Å²) in [6.45, 7) is 2.06. The maximum absolute atomic E-state index is 10.9. The molecule has 14 heavy (non-hydrogen) atoms. The van der Waals surface area contributed by atoms with Crippen molar-refractivity contribution in [2.24, 2.45) is 5.92 Å². The molecule has 0 saturated heterocycles. The van der Waals surface area contributed by atoms with Gasteiger partial charge >= 0.3 is 11.9 Å². The van der Waals surface area contributed by atoms with Crippen molar-refractivity contribution in [3.8, 4) is 0 Å². The molecule has 1 unspecified atom stereocenters. The van der Waals surface area contributed by atoms with Crippen LogP contribution in [0.4, 0.5) is 0 Å². The van der Waals surface area contributed by atoms with Gasteiger partial charge in [0.15, 0.2) is 5.92 Å². The Labute approximate surface area is 88.4 Å². The van der Waals surface area contributed by atoms with Crippen LogP contribution in [0.3, 0.4) is 0 Å². The molecule has 0 aliphatic rings. The van der Waals surface area contributed by atoms with Crippen LogP contribution in [0.15, 0.2) is 0 Å². The second kappa shape index (κ2) is 7.62. The van der Waals surface area contributed by atoms with E-state index in [0.717, 1.165) is 19.3 Å². The third kappa shape index (κ3) is 5.07. The molecule has 4 nitrogen and oxygen atoms in total. The number of hydrogen-bond acceptors (Lipinski definition) is 3. The molecule has 0 saturated carbocycles. The Morgan fingerprint density at radius 1 is 1.36 bits per heavy atom. The smallest absolute Gasteiger partial charge is 0.338 e. The molecule has 0 aliphatic heterocycles. The first kappa shape index (κ1) is 13.2. The molecule has 5 heteroatoms. The molecule has 0 radical (unpaired) electrons. The van der Waals surface area contributed by atoms with Crippen LogP contribution >= 0.6 is 11.9 Å². The van der Waals surface area contributed by atoms with Gasteiger partial charge in [0.2, 0.25) is 0 Å². The van der Waals surface area contributed by atoms with E-state index in [9.17, 15) is 9.59 Å². The van der Waals surface area contributed by atoms with E-state index in [-0.39, 0.29) is 0 Å². The Morgan fingerprint density at radius 3 is 2.43 bits per heavy atom. The number of unbranched alkanes of at least 4 members (excludes halogenated alkanes) is 3. The second-order valence-electron chi connectivity index (χ2n) is 3.14. The molecule has 82 valence electrons. The largest absolute Gasteiger partial charge is 0.481 e. The summed E-state index contributed by atoms with van der Waals surface area (Å²) in [5.41, 5.74) is 0. The third-order valence-corrected chi connectivity index (χ3v) is 2.16. The minimum Gasteiger partial charge on any atom is -0.481 e. The van der Waals surface area contributed by atoms with Gasteiger partial charge in [0.25, 0.3) is 0 Å². The van der Waals surface area contributed by atoms with Crippen molar-refractivity contribution in [3.05, 3.63) is 0 Å². The van der Waals surface area contributed by atoms with E-state index in [1.54, 1.807) is 0 Å². The summed E-state index contributed by atoms with van der Waals surface area (Å²) in [6.07, 6.45) is 4.04. The molecule has 0 bridgehead atoms. The summed E-state index contributed by atoms with van der Waals surface area (Å²) in [5.74, 6) is -3.17. The summed E-state index contributed by atoms with van der Waals surface area (Å²) >= 11 is 4.82. The number of rotatable bonds is 7. The normalized spacial score (nSPS) is 12.1. The Bertz CT molecular complexity index is 193. The monoisotopic (exact) mass is 222 g/mol. The van der Waals surface area contributed by atoms with Crippen molar-refractivity contribution in [2.45, 2.75) is 39.0 Å². The molecule has 0 amide bonds. The van der Waals surface area contributed by atoms with Crippen LogP contribution in [-0.4, -0.2) is 17.0 Å². The van der Waals surface area contributed by atoms with Gasteiger partial charge in [-0.25, -0.2) is 4.79 Å². The van der Waals surface area contributed by atoms with Gasteiger partial charge < -0.3 is 9.40 Å². The lowest BCUT2D eigenvalue weighted by molar-refractivity contribution is -0.153. The minimum absolute atomic E-state index is 0.293. The average molecular weight is 223 g/mol. The van der Waals surface area contributed by atoms with Gasteiger partial charge in [-0.2, -0.15) is 0 Å². The van der Waals surface area contributed by atoms with Crippen LogP contribution in [0, 0.1) is 5.92 Å². The Kier molecular flexibility index (Phi) is 7.20. The number of halogens is 1. The quantitative estimate of drug-likeness (QED) is 0.531. The molecule has 1 atom stereocenters. The lowest BCUT2D eigenvalue weighted by Gasteiger charge is -2.07. The van der Waals surface area contributed by atoms with Gasteiger partial charge in [-0.05, 0) is 6.42 Å². The number of carbonyl (C=O) groups excluding carboxylic acids is 1. The van der Waals surface area contributed by atoms with E-state index in [4.69, 9.17) is 17.0 Å². The van der Waals surface area contributed by atoms with Gasteiger partial charge in [-0.1, -0.05) is 32.6 Å². The molecule has 0 aromatic rings. The number of carboxylic acid groups (broad SMARTS) is 1. The van der Waals surface area contributed by atoms with Gasteiger partial charge in [-0.3, -0.25) is 4.79 Å². The van der Waals surface area contributed by atoms with Gasteiger partial charge in [-0.15, -0.1) is 0 Å². The van der Waals surface area contributed by atoms with Gasteiger partial charge in [0, 0.05) is 0 Å². The molecule has 0 fully saturated rings. The molecule has 0 aromatic heterocycles. The van der Waals surface area contributed by atoms with Crippen molar-refractivity contribution in [1.29, 1.82) is 0 Å². The van der Waals surface area contributed by atoms with Crippen LogP contribution < -0.4 is 0 Å². The van der Waals surface area contributed by atoms with Crippen LogP contribution in [0.1, 0.15) is 39.0 Å². The van der Waals surface area contributed by atoms with Crippen molar-refractivity contribution >= 4 is 23.8 Å². The van der Waals surface area contributed by atoms with Crippen molar-refractivity contribution in [2.75, 3.05) is 0 Å². The maximum Gasteiger partial charge on any atom is 0.338 e. The summed E-state index contributed by atoms with van der Waals surface area (Å²) in [6, 6.07) is 0. The standard InChI is InChI=1S/C9H15ClO4/c1-2-3-4-5-6-7(8(11)12)9(13)14-10/h7H,2-6H2,1H3,(H,11,12). The average Bonchev–Trinajstić information content (AvgIpc) is 2.16. The van der Waals surface area contributed by atoms with E-state index in [0.29, 0.717) is 12.8 Å². The summed E-state index contributed by atoms with van der Waals surface area (Å²) in [5, 5.41) is 8.67. The highest BCUT2D eigenvalue weighted by molar-refractivity contribution is 6.15. The van der Waals surface area contributed by atoms with E-state index in [2.05, 4.69) is 11.2 Å². The highest BCUT2D eigenvalue weighted by atomic mass is 35.5.